The van der Waals surface area contributed by atoms with Gasteiger partial charge in [-0.15, -0.1) is 0 Å². The highest BCUT2D eigenvalue weighted by atomic mass is 35.5. The second-order valence-corrected chi connectivity index (χ2v) is 2.47. The minimum absolute atomic E-state index is 0.495. The summed E-state index contributed by atoms with van der Waals surface area (Å²) in [4.78, 5) is 0. The van der Waals surface area contributed by atoms with Crippen molar-refractivity contribution in [2.45, 2.75) is 6.92 Å². The summed E-state index contributed by atoms with van der Waals surface area (Å²) in [5, 5.41) is 0.495. The van der Waals surface area contributed by atoms with Crippen molar-refractivity contribution < 1.29 is 4.74 Å². The minimum Gasteiger partial charge on any atom is -0.492 e. The van der Waals surface area contributed by atoms with E-state index in [1.54, 1.807) is 12.1 Å². The first-order chi connectivity index (χ1) is 5.25. The molecule has 60 valence electrons. The molecule has 1 aromatic carbocycles. The first-order valence-electron chi connectivity index (χ1n) is 3.42. The fourth-order valence-corrected chi connectivity index (χ4v) is 0.975. The molecule has 3 heteroatoms. The molecule has 0 aliphatic rings. The number of hydrogen-bond acceptors (Lipinski definition) is 2. The molecule has 0 aliphatic heterocycles. The van der Waals surface area contributed by atoms with E-state index >= 15 is 0 Å². The van der Waals surface area contributed by atoms with Crippen LogP contribution in [0.15, 0.2) is 18.2 Å². The summed E-state index contributed by atoms with van der Waals surface area (Å²) in [6.07, 6.45) is 0. The number of halogens is 1. The van der Waals surface area contributed by atoms with Crippen LogP contribution in [0.25, 0.3) is 0 Å². The number of benzene rings is 1. The second kappa shape index (κ2) is 3.49. The Morgan fingerprint density at radius 1 is 1.55 bits per heavy atom. The maximum Gasteiger partial charge on any atom is 0.139 e. The van der Waals surface area contributed by atoms with Crippen molar-refractivity contribution in [3.63, 3.8) is 0 Å². The third-order valence-corrected chi connectivity index (χ3v) is 1.70. The average Bonchev–Trinajstić information content (AvgIpc) is 1.99. The number of nitrogens with two attached hydrogens (primary N) is 1. The van der Waals surface area contributed by atoms with E-state index in [4.69, 9.17) is 22.1 Å². The van der Waals surface area contributed by atoms with Crippen LogP contribution in [0.3, 0.4) is 0 Å². The van der Waals surface area contributed by atoms with Gasteiger partial charge in [-0.2, -0.15) is 0 Å². The van der Waals surface area contributed by atoms with Gasteiger partial charge in [0.05, 0.1) is 12.3 Å². The van der Waals surface area contributed by atoms with Crippen LogP contribution in [0.5, 0.6) is 5.75 Å². The van der Waals surface area contributed by atoms with Crippen molar-refractivity contribution in [3.05, 3.63) is 23.2 Å². The van der Waals surface area contributed by atoms with E-state index in [1.165, 1.54) is 0 Å². The topological polar surface area (TPSA) is 35.2 Å². The number of nitrogen functional groups attached to an aromatic ring is 1. The number of rotatable bonds is 2. The fraction of sp³-hybridized carbons (Fsp3) is 0.250. The summed E-state index contributed by atoms with van der Waals surface area (Å²) in [7, 11) is 0. The lowest BCUT2D eigenvalue weighted by molar-refractivity contribution is 0.340. The highest BCUT2D eigenvalue weighted by molar-refractivity contribution is 6.34. The predicted octanol–water partition coefficient (Wildman–Crippen LogP) is 2.32. The largest absolute Gasteiger partial charge is 0.492 e. The van der Waals surface area contributed by atoms with E-state index in [0.29, 0.717) is 23.1 Å². The van der Waals surface area contributed by atoms with Crippen molar-refractivity contribution in [1.82, 2.24) is 0 Å². The van der Waals surface area contributed by atoms with Crippen molar-refractivity contribution >= 4 is 17.3 Å². The van der Waals surface area contributed by atoms with Crippen LogP contribution in [0.4, 0.5) is 5.69 Å². The van der Waals surface area contributed by atoms with Crippen LogP contribution >= 0.6 is 11.6 Å². The van der Waals surface area contributed by atoms with Crippen molar-refractivity contribution in [2.24, 2.45) is 0 Å². The summed E-state index contributed by atoms with van der Waals surface area (Å²) in [6, 6.07) is 5.35. The molecule has 0 saturated heterocycles. The fourth-order valence-electron chi connectivity index (χ4n) is 0.795. The Bertz CT molecular complexity index is 250. The monoisotopic (exact) mass is 171 g/mol. The lowest BCUT2D eigenvalue weighted by Crippen LogP contribution is -1.94. The zero-order valence-electron chi connectivity index (χ0n) is 6.30. The molecule has 0 heterocycles. The van der Waals surface area contributed by atoms with Crippen LogP contribution in [-0.4, -0.2) is 6.61 Å². The van der Waals surface area contributed by atoms with Gasteiger partial charge in [0.1, 0.15) is 10.8 Å². The first-order valence-corrected chi connectivity index (χ1v) is 3.80. The van der Waals surface area contributed by atoms with Gasteiger partial charge in [0, 0.05) is 0 Å². The van der Waals surface area contributed by atoms with Gasteiger partial charge >= 0.3 is 0 Å². The highest BCUT2D eigenvalue weighted by Crippen LogP contribution is 2.29. The third-order valence-electron chi connectivity index (χ3n) is 1.29. The molecule has 0 radical (unpaired) electrons. The average molecular weight is 172 g/mol. The Kier molecular flexibility index (Phi) is 2.60. The van der Waals surface area contributed by atoms with E-state index in [9.17, 15) is 0 Å². The summed E-state index contributed by atoms with van der Waals surface area (Å²) >= 11 is 5.82. The predicted molar refractivity (Wildman–Crippen MR) is 47.0 cm³/mol. The molecule has 0 aromatic heterocycles. The quantitative estimate of drug-likeness (QED) is 0.694. The zero-order chi connectivity index (χ0) is 8.27. The molecule has 0 unspecified atom stereocenters. The van der Waals surface area contributed by atoms with Crippen LogP contribution < -0.4 is 10.5 Å². The highest BCUT2D eigenvalue weighted by Gasteiger charge is 2.01. The normalized spacial score (nSPS) is 9.64. The second-order valence-electron chi connectivity index (χ2n) is 2.09. The van der Waals surface area contributed by atoms with Crippen molar-refractivity contribution in [1.29, 1.82) is 0 Å². The van der Waals surface area contributed by atoms with Gasteiger partial charge in [-0.3, -0.25) is 0 Å². The molecule has 0 fully saturated rings. The molecular weight excluding hydrogens is 162 g/mol. The molecule has 2 N–H and O–H groups in total. The zero-order valence-corrected chi connectivity index (χ0v) is 7.06. The lowest BCUT2D eigenvalue weighted by Gasteiger charge is -2.05. The number of anilines is 1. The van der Waals surface area contributed by atoms with Crippen molar-refractivity contribution in [3.8, 4) is 5.75 Å². The van der Waals surface area contributed by atoms with Gasteiger partial charge in [-0.25, -0.2) is 0 Å². The molecule has 1 rings (SSSR count). The molecule has 1 aromatic rings. The van der Waals surface area contributed by atoms with Gasteiger partial charge in [0.25, 0.3) is 0 Å². The summed E-state index contributed by atoms with van der Waals surface area (Å²) in [5.41, 5.74) is 6.09. The summed E-state index contributed by atoms with van der Waals surface area (Å²) < 4.78 is 5.21. The maximum absolute atomic E-state index is 5.82. The van der Waals surface area contributed by atoms with Gasteiger partial charge < -0.3 is 10.5 Å². The lowest BCUT2D eigenvalue weighted by atomic mass is 10.3. The standard InChI is InChI=1S/C8H10ClNO/c1-2-11-7-5-3-4-6(10)8(7)9/h3-5H,2,10H2,1H3. The van der Waals surface area contributed by atoms with Crippen molar-refractivity contribution in [2.75, 3.05) is 12.3 Å². The van der Waals surface area contributed by atoms with Gasteiger partial charge in [0.2, 0.25) is 0 Å². The van der Waals surface area contributed by atoms with E-state index in [1.807, 2.05) is 13.0 Å². The Balaban J connectivity index is 2.96. The Labute approximate surface area is 70.9 Å². The van der Waals surface area contributed by atoms with Crippen LogP contribution in [-0.2, 0) is 0 Å². The van der Waals surface area contributed by atoms with Crippen LogP contribution in [0, 0.1) is 0 Å². The van der Waals surface area contributed by atoms with E-state index < -0.39 is 0 Å². The molecule has 0 bridgehead atoms. The third kappa shape index (κ3) is 1.77. The maximum atomic E-state index is 5.82. The first kappa shape index (κ1) is 8.21. The molecule has 0 atom stereocenters. The molecule has 0 aliphatic carbocycles. The Morgan fingerprint density at radius 3 is 2.91 bits per heavy atom. The number of ether oxygens (including phenoxy) is 1. The van der Waals surface area contributed by atoms with E-state index in [-0.39, 0.29) is 0 Å². The van der Waals surface area contributed by atoms with E-state index in [0.717, 1.165) is 0 Å². The molecule has 0 amide bonds. The van der Waals surface area contributed by atoms with Crippen LogP contribution in [0.2, 0.25) is 5.02 Å². The molecule has 2 nitrogen and oxygen atoms in total. The summed E-state index contributed by atoms with van der Waals surface area (Å²) in [6.45, 7) is 2.50. The molecule has 0 saturated carbocycles. The van der Waals surface area contributed by atoms with Gasteiger partial charge in [0.15, 0.2) is 0 Å². The van der Waals surface area contributed by atoms with Crippen LogP contribution in [0.1, 0.15) is 6.92 Å². The minimum atomic E-state index is 0.495. The van der Waals surface area contributed by atoms with Gasteiger partial charge in [-0.05, 0) is 19.1 Å². The molecule has 0 spiro atoms. The number of hydrogen-bond donors (Lipinski definition) is 1. The summed E-state index contributed by atoms with van der Waals surface area (Å²) in [5.74, 6) is 0.647. The Hall–Kier alpha value is -0.890. The SMILES string of the molecule is CCOc1cccc(N)c1Cl. The molecule has 11 heavy (non-hydrogen) atoms. The van der Waals surface area contributed by atoms with E-state index in [2.05, 4.69) is 0 Å². The Morgan fingerprint density at radius 2 is 2.27 bits per heavy atom. The smallest absolute Gasteiger partial charge is 0.139 e. The van der Waals surface area contributed by atoms with Gasteiger partial charge in [-0.1, -0.05) is 17.7 Å². The molecular formula is C8H10ClNO.